The molecule has 3 rings (SSSR count). The SMILES string of the molecule is CN(C)C1CC=C(c2ccccc2Cc2ccccc2)CC1. The molecule has 1 atom stereocenters. The summed E-state index contributed by atoms with van der Waals surface area (Å²) in [6.07, 6.45) is 7.10. The van der Waals surface area contributed by atoms with Crippen molar-refractivity contribution in [2.45, 2.75) is 31.7 Å². The summed E-state index contributed by atoms with van der Waals surface area (Å²) in [5, 5.41) is 0. The molecule has 0 aromatic heterocycles. The molecule has 0 saturated heterocycles. The molecule has 0 bridgehead atoms. The van der Waals surface area contributed by atoms with Crippen molar-refractivity contribution < 1.29 is 0 Å². The molecule has 2 aromatic carbocycles. The van der Waals surface area contributed by atoms with Crippen LogP contribution in [0.25, 0.3) is 5.57 Å². The van der Waals surface area contributed by atoms with Gasteiger partial charge < -0.3 is 4.90 Å². The molecule has 0 amide bonds. The first-order valence-electron chi connectivity index (χ1n) is 8.21. The van der Waals surface area contributed by atoms with E-state index in [9.17, 15) is 0 Å². The first-order valence-corrected chi connectivity index (χ1v) is 8.21. The smallest absolute Gasteiger partial charge is 0.0127 e. The normalized spacial score (nSPS) is 18.3. The minimum atomic E-state index is 0.699. The van der Waals surface area contributed by atoms with Crippen LogP contribution in [0.15, 0.2) is 60.7 Å². The van der Waals surface area contributed by atoms with Gasteiger partial charge in [0, 0.05) is 6.04 Å². The number of allylic oxidation sites excluding steroid dienone is 1. The van der Waals surface area contributed by atoms with Crippen LogP contribution in [0.1, 0.15) is 36.0 Å². The van der Waals surface area contributed by atoms with Gasteiger partial charge >= 0.3 is 0 Å². The van der Waals surface area contributed by atoms with Gasteiger partial charge in [-0.1, -0.05) is 60.7 Å². The van der Waals surface area contributed by atoms with Gasteiger partial charge in [-0.2, -0.15) is 0 Å². The predicted octanol–water partition coefficient (Wildman–Crippen LogP) is 4.77. The van der Waals surface area contributed by atoms with Gasteiger partial charge in [0.15, 0.2) is 0 Å². The Kier molecular flexibility index (Phi) is 4.74. The summed E-state index contributed by atoms with van der Waals surface area (Å²) >= 11 is 0. The van der Waals surface area contributed by atoms with Crippen LogP contribution in [0.5, 0.6) is 0 Å². The van der Waals surface area contributed by atoms with Crippen molar-refractivity contribution in [3.63, 3.8) is 0 Å². The zero-order valence-electron chi connectivity index (χ0n) is 13.6. The Hall–Kier alpha value is -1.86. The Morgan fingerprint density at radius 2 is 1.68 bits per heavy atom. The lowest BCUT2D eigenvalue weighted by atomic mass is 9.87. The minimum Gasteiger partial charge on any atom is -0.306 e. The quantitative estimate of drug-likeness (QED) is 0.784. The van der Waals surface area contributed by atoms with Crippen molar-refractivity contribution in [3.8, 4) is 0 Å². The third kappa shape index (κ3) is 3.48. The van der Waals surface area contributed by atoms with Crippen LogP contribution in [0, 0.1) is 0 Å². The topological polar surface area (TPSA) is 3.24 Å². The molecule has 0 N–H and O–H groups in total. The largest absolute Gasteiger partial charge is 0.306 e. The molecule has 22 heavy (non-hydrogen) atoms. The van der Waals surface area contributed by atoms with Crippen LogP contribution in [-0.4, -0.2) is 25.0 Å². The number of rotatable bonds is 4. The summed E-state index contributed by atoms with van der Waals surface area (Å²) in [6, 6.07) is 20.4. The van der Waals surface area contributed by atoms with Gasteiger partial charge in [-0.15, -0.1) is 0 Å². The fraction of sp³-hybridized carbons (Fsp3) is 0.333. The summed E-state index contributed by atoms with van der Waals surface area (Å²) in [5.41, 5.74) is 5.81. The Morgan fingerprint density at radius 1 is 0.955 bits per heavy atom. The lowest BCUT2D eigenvalue weighted by molar-refractivity contribution is 0.277. The third-order valence-corrected chi connectivity index (χ3v) is 4.71. The van der Waals surface area contributed by atoms with E-state index in [0.29, 0.717) is 6.04 Å². The van der Waals surface area contributed by atoms with Crippen molar-refractivity contribution in [2.75, 3.05) is 14.1 Å². The molecule has 0 spiro atoms. The van der Waals surface area contributed by atoms with E-state index in [1.54, 1.807) is 0 Å². The van der Waals surface area contributed by atoms with E-state index in [-0.39, 0.29) is 0 Å². The summed E-state index contributed by atoms with van der Waals surface area (Å²) < 4.78 is 0. The lowest BCUT2D eigenvalue weighted by Gasteiger charge is -2.28. The highest BCUT2D eigenvalue weighted by atomic mass is 15.1. The Balaban J connectivity index is 1.83. The maximum absolute atomic E-state index is 2.46. The highest BCUT2D eigenvalue weighted by molar-refractivity contribution is 5.69. The van der Waals surface area contributed by atoms with Crippen LogP contribution >= 0.6 is 0 Å². The fourth-order valence-corrected chi connectivity index (χ4v) is 3.34. The number of hydrogen-bond acceptors (Lipinski definition) is 1. The molecule has 0 heterocycles. The van der Waals surface area contributed by atoms with Crippen molar-refractivity contribution >= 4 is 5.57 Å². The van der Waals surface area contributed by atoms with Gasteiger partial charge in [0.05, 0.1) is 0 Å². The fourth-order valence-electron chi connectivity index (χ4n) is 3.34. The highest BCUT2D eigenvalue weighted by Crippen LogP contribution is 2.31. The third-order valence-electron chi connectivity index (χ3n) is 4.71. The molecule has 2 aromatic rings. The zero-order valence-corrected chi connectivity index (χ0v) is 13.6. The van der Waals surface area contributed by atoms with Gasteiger partial charge in [0.25, 0.3) is 0 Å². The molecule has 1 nitrogen and oxygen atoms in total. The average Bonchev–Trinajstić information content (AvgIpc) is 2.56. The van der Waals surface area contributed by atoms with Crippen LogP contribution in [-0.2, 0) is 6.42 Å². The second kappa shape index (κ2) is 6.93. The molecule has 1 heteroatoms. The molecule has 0 aliphatic heterocycles. The number of hydrogen-bond donors (Lipinski definition) is 0. The molecular formula is C21H25N. The minimum absolute atomic E-state index is 0.699. The maximum atomic E-state index is 2.46. The van der Waals surface area contributed by atoms with E-state index < -0.39 is 0 Å². The first kappa shape index (κ1) is 15.1. The average molecular weight is 291 g/mol. The van der Waals surface area contributed by atoms with Gasteiger partial charge in [-0.05, 0) is 62.0 Å². The van der Waals surface area contributed by atoms with Gasteiger partial charge in [0.1, 0.15) is 0 Å². The maximum Gasteiger partial charge on any atom is 0.0127 e. The summed E-state index contributed by atoms with van der Waals surface area (Å²) in [5.74, 6) is 0. The number of benzene rings is 2. The molecule has 1 aliphatic rings. The lowest BCUT2D eigenvalue weighted by Crippen LogP contribution is -2.29. The van der Waals surface area contributed by atoms with Crippen LogP contribution < -0.4 is 0 Å². The van der Waals surface area contributed by atoms with Crippen LogP contribution in [0.3, 0.4) is 0 Å². The monoisotopic (exact) mass is 291 g/mol. The highest BCUT2D eigenvalue weighted by Gasteiger charge is 2.18. The molecule has 1 aliphatic carbocycles. The predicted molar refractivity (Wildman–Crippen MR) is 95.0 cm³/mol. The zero-order chi connectivity index (χ0) is 15.4. The Bertz CT molecular complexity index is 640. The second-order valence-electron chi connectivity index (χ2n) is 6.44. The van der Waals surface area contributed by atoms with Crippen molar-refractivity contribution in [1.29, 1.82) is 0 Å². The standard InChI is InChI=1S/C21H25N/c1-22(2)20-14-12-18(13-15-20)21-11-7-6-10-19(21)16-17-8-4-3-5-9-17/h3-12,20H,13-16H2,1-2H3. The first-order chi connectivity index (χ1) is 10.7. The van der Waals surface area contributed by atoms with E-state index in [0.717, 1.165) is 6.42 Å². The Morgan fingerprint density at radius 3 is 2.36 bits per heavy atom. The van der Waals surface area contributed by atoms with Gasteiger partial charge in [-0.25, -0.2) is 0 Å². The van der Waals surface area contributed by atoms with Crippen LogP contribution in [0.4, 0.5) is 0 Å². The van der Waals surface area contributed by atoms with E-state index in [1.807, 2.05) is 0 Å². The molecule has 1 unspecified atom stereocenters. The molecule has 0 fully saturated rings. The van der Waals surface area contributed by atoms with Gasteiger partial charge in [-0.3, -0.25) is 0 Å². The Labute approximate surface area is 134 Å². The second-order valence-corrected chi connectivity index (χ2v) is 6.44. The van der Waals surface area contributed by atoms with Crippen LogP contribution in [0.2, 0.25) is 0 Å². The summed E-state index contributed by atoms with van der Waals surface area (Å²) in [6.45, 7) is 0. The van der Waals surface area contributed by atoms with Crippen molar-refractivity contribution in [1.82, 2.24) is 4.90 Å². The van der Waals surface area contributed by atoms with Gasteiger partial charge in [0.2, 0.25) is 0 Å². The summed E-state index contributed by atoms with van der Waals surface area (Å²) in [7, 11) is 4.37. The molecule has 114 valence electrons. The number of nitrogens with zero attached hydrogens (tertiary/aromatic N) is 1. The molecule has 0 saturated carbocycles. The van der Waals surface area contributed by atoms with Crippen molar-refractivity contribution in [2.24, 2.45) is 0 Å². The van der Waals surface area contributed by atoms with E-state index in [4.69, 9.17) is 0 Å². The van der Waals surface area contributed by atoms with E-state index in [1.165, 1.54) is 41.5 Å². The molecule has 0 radical (unpaired) electrons. The van der Waals surface area contributed by atoms with Crippen molar-refractivity contribution in [3.05, 3.63) is 77.4 Å². The summed E-state index contributed by atoms with van der Waals surface area (Å²) in [4.78, 5) is 2.35. The van der Waals surface area contributed by atoms with E-state index >= 15 is 0 Å². The molecular weight excluding hydrogens is 266 g/mol. The van der Waals surface area contributed by atoms with E-state index in [2.05, 4.69) is 79.7 Å².